The van der Waals surface area contributed by atoms with Gasteiger partial charge >= 0.3 is 5.63 Å². The molecule has 2 N–H and O–H groups in total. The van der Waals surface area contributed by atoms with Crippen molar-refractivity contribution in [2.45, 2.75) is 32.3 Å². The van der Waals surface area contributed by atoms with Crippen molar-refractivity contribution >= 4 is 29.2 Å². The molecule has 1 fully saturated rings. The van der Waals surface area contributed by atoms with E-state index in [4.69, 9.17) is 4.42 Å². The number of aliphatic hydroxyl groups is 1. The summed E-state index contributed by atoms with van der Waals surface area (Å²) < 4.78 is 5.20. The molecule has 6 nitrogen and oxygen atoms in total. The number of piperidine rings is 1. The third-order valence-corrected chi connectivity index (χ3v) is 4.56. The number of aliphatic hydroxyl groups excluding tert-OH is 1. The minimum atomic E-state index is -0.674. The third kappa shape index (κ3) is 4.39. The Morgan fingerprint density at radius 3 is 2.64 bits per heavy atom. The normalized spacial score (nSPS) is 15.9. The maximum Gasteiger partial charge on any atom is 0.347 e. The van der Waals surface area contributed by atoms with Crippen molar-refractivity contribution in [2.24, 2.45) is 0 Å². The van der Waals surface area contributed by atoms with E-state index in [1.54, 1.807) is 19.1 Å². The number of rotatable bonds is 4. The first-order valence-electron chi connectivity index (χ1n) is 8.15. The lowest BCUT2D eigenvalue weighted by molar-refractivity contribution is 0.0777. The molecule has 0 aliphatic carbocycles. The number of hydrogen-bond donors (Lipinski definition) is 2. The van der Waals surface area contributed by atoms with Gasteiger partial charge in [-0.15, -0.1) is 12.4 Å². The summed E-state index contributed by atoms with van der Waals surface area (Å²) in [7, 11) is 0. The van der Waals surface area contributed by atoms with Crippen molar-refractivity contribution in [3.63, 3.8) is 0 Å². The van der Waals surface area contributed by atoms with Gasteiger partial charge in [0, 0.05) is 37.5 Å². The number of phenols is 1. The molecule has 0 spiro atoms. The minimum absolute atomic E-state index is 0. The largest absolute Gasteiger partial charge is 0.508 e. The first-order valence-corrected chi connectivity index (χ1v) is 8.15. The van der Waals surface area contributed by atoms with Crippen molar-refractivity contribution in [3.05, 3.63) is 39.7 Å². The van der Waals surface area contributed by atoms with E-state index in [1.165, 1.54) is 6.07 Å². The Labute approximate surface area is 151 Å². The molecule has 1 aliphatic heterocycles. The Morgan fingerprint density at radius 2 is 1.96 bits per heavy atom. The van der Waals surface area contributed by atoms with Gasteiger partial charge in [0.1, 0.15) is 16.9 Å². The van der Waals surface area contributed by atoms with Crippen LogP contribution in [-0.2, 0) is 0 Å². The van der Waals surface area contributed by atoms with Gasteiger partial charge in [-0.2, -0.15) is 0 Å². The molecule has 1 saturated heterocycles. The van der Waals surface area contributed by atoms with E-state index in [2.05, 4.69) is 4.90 Å². The molecular weight excluding hydrogens is 346 g/mol. The van der Waals surface area contributed by atoms with Crippen LogP contribution in [0.4, 0.5) is 0 Å². The molecular formula is C18H22ClNO5. The fraction of sp³-hybridized carbons (Fsp3) is 0.444. The topological polar surface area (TPSA) is 91.0 Å². The first kappa shape index (κ1) is 19.4. The van der Waals surface area contributed by atoms with Crippen LogP contribution in [0.5, 0.6) is 5.75 Å². The molecule has 0 saturated carbocycles. The lowest BCUT2D eigenvalue weighted by Crippen LogP contribution is -2.37. The number of aromatic hydroxyl groups is 1. The van der Waals surface area contributed by atoms with Crippen molar-refractivity contribution in [2.75, 3.05) is 19.6 Å². The second-order valence-electron chi connectivity index (χ2n) is 6.37. The zero-order valence-corrected chi connectivity index (χ0v) is 14.8. The van der Waals surface area contributed by atoms with Crippen LogP contribution in [0.1, 0.15) is 35.2 Å². The van der Waals surface area contributed by atoms with Crippen LogP contribution >= 0.6 is 12.4 Å². The Bertz CT molecular complexity index is 824. The van der Waals surface area contributed by atoms with Gasteiger partial charge in [0.25, 0.3) is 0 Å². The number of nitrogens with zero attached hydrogens (tertiary/aromatic N) is 1. The Hall–Kier alpha value is -1.89. The molecule has 0 bridgehead atoms. The van der Waals surface area contributed by atoms with Gasteiger partial charge in [-0.1, -0.05) is 0 Å². The van der Waals surface area contributed by atoms with Gasteiger partial charge in [0.15, 0.2) is 5.78 Å². The number of carbonyl (C=O) groups excluding carboxylic acids is 1. The maximum atomic E-state index is 12.4. The van der Waals surface area contributed by atoms with E-state index < -0.39 is 5.63 Å². The molecule has 0 atom stereocenters. The number of fused-ring (bicyclic) bond motifs is 1. The van der Waals surface area contributed by atoms with Crippen molar-refractivity contribution < 1.29 is 19.4 Å². The Kier molecular flexibility index (Phi) is 6.21. The van der Waals surface area contributed by atoms with E-state index in [9.17, 15) is 19.8 Å². The summed E-state index contributed by atoms with van der Waals surface area (Å²) in [6.07, 6.45) is 1.43. The number of benzene rings is 1. The number of Topliss-reactive ketones (excluding diaryl/α,β-unsaturated/α-hetero) is 1. The van der Waals surface area contributed by atoms with Gasteiger partial charge in [-0.25, -0.2) is 4.79 Å². The van der Waals surface area contributed by atoms with Crippen molar-refractivity contribution in [1.29, 1.82) is 0 Å². The summed E-state index contributed by atoms with van der Waals surface area (Å²) in [5.74, 6) is -0.223. The van der Waals surface area contributed by atoms with Gasteiger partial charge < -0.3 is 19.5 Å². The number of phenolic OH excluding ortho intramolecular Hbond substituents is 1. The maximum absolute atomic E-state index is 12.4. The van der Waals surface area contributed by atoms with Gasteiger partial charge in [0.2, 0.25) is 0 Å². The molecule has 2 heterocycles. The molecule has 0 radical (unpaired) electrons. The van der Waals surface area contributed by atoms with Crippen molar-refractivity contribution in [1.82, 2.24) is 4.90 Å². The van der Waals surface area contributed by atoms with Gasteiger partial charge in [-0.3, -0.25) is 4.79 Å². The third-order valence-electron chi connectivity index (χ3n) is 4.56. The molecule has 25 heavy (non-hydrogen) atoms. The van der Waals surface area contributed by atoms with Crippen LogP contribution in [0, 0.1) is 6.92 Å². The van der Waals surface area contributed by atoms with Crippen molar-refractivity contribution in [3.8, 4) is 5.75 Å². The van der Waals surface area contributed by atoms with Crippen LogP contribution in [0.25, 0.3) is 11.0 Å². The lowest BCUT2D eigenvalue weighted by atomic mass is 10.0. The van der Waals surface area contributed by atoms with Crippen LogP contribution in [0.2, 0.25) is 0 Å². The van der Waals surface area contributed by atoms with Crippen LogP contribution in [-0.4, -0.2) is 46.6 Å². The second kappa shape index (κ2) is 7.99. The van der Waals surface area contributed by atoms with Crippen LogP contribution < -0.4 is 5.63 Å². The Balaban J connectivity index is 0.00000225. The molecule has 1 aliphatic rings. The molecule has 3 rings (SSSR count). The number of ketones is 1. The fourth-order valence-corrected chi connectivity index (χ4v) is 3.11. The quantitative estimate of drug-likeness (QED) is 0.636. The van der Waals surface area contributed by atoms with E-state index in [1.807, 2.05) is 0 Å². The van der Waals surface area contributed by atoms with Gasteiger partial charge in [-0.05, 0) is 37.5 Å². The van der Waals surface area contributed by atoms with E-state index in [-0.39, 0.29) is 47.6 Å². The molecule has 0 amide bonds. The van der Waals surface area contributed by atoms with E-state index >= 15 is 0 Å². The summed E-state index contributed by atoms with van der Waals surface area (Å²) in [6.45, 7) is 3.88. The average Bonchev–Trinajstić information content (AvgIpc) is 2.53. The predicted molar refractivity (Wildman–Crippen MR) is 96.8 cm³/mol. The second-order valence-corrected chi connectivity index (χ2v) is 6.37. The smallest absolute Gasteiger partial charge is 0.347 e. The van der Waals surface area contributed by atoms with Gasteiger partial charge in [0.05, 0.1) is 6.10 Å². The molecule has 1 aromatic carbocycles. The zero-order valence-electron chi connectivity index (χ0n) is 14.0. The van der Waals surface area contributed by atoms with Crippen LogP contribution in [0.3, 0.4) is 0 Å². The standard InChI is InChI=1S/C18H21NO5.ClH/c1-11-8-13(21)9-17-14(11)10-15(18(23)24-17)16(22)4-7-19-5-2-12(20)3-6-19;/h8-10,12,20-21H,2-7H2,1H3;1H. The monoisotopic (exact) mass is 367 g/mol. The summed E-state index contributed by atoms with van der Waals surface area (Å²) >= 11 is 0. The number of hydrogen-bond acceptors (Lipinski definition) is 6. The molecule has 1 aromatic heterocycles. The van der Waals surface area contributed by atoms with E-state index in [0.29, 0.717) is 11.9 Å². The average molecular weight is 368 g/mol. The highest BCUT2D eigenvalue weighted by molar-refractivity contribution is 5.98. The highest BCUT2D eigenvalue weighted by atomic mass is 35.5. The summed E-state index contributed by atoms with van der Waals surface area (Å²) in [6, 6.07) is 4.49. The summed E-state index contributed by atoms with van der Waals surface area (Å²) in [4.78, 5) is 26.6. The summed E-state index contributed by atoms with van der Waals surface area (Å²) in [5, 5.41) is 19.7. The number of halogens is 1. The SMILES string of the molecule is Cc1cc(O)cc2oc(=O)c(C(=O)CCN3CCC(O)CC3)cc12.Cl. The highest BCUT2D eigenvalue weighted by Gasteiger charge is 2.20. The molecule has 0 unspecified atom stereocenters. The summed E-state index contributed by atoms with van der Waals surface area (Å²) in [5.41, 5.74) is 0.395. The number of carbonyl (C=O) groups is 1. The Morgan fingerprint density at radius 1 is 1.28 bits per heavy atom. The molecule has 136 valence electrons. The number of aryl methyl sites for hydroxylation is 1. The fourth-order valence-electron chi connectivity index (χ4n) is 3.11. The number of likely N-dealkylation sites (tertiary alicyclic amines) is 1. The van der Waals surface area contributed by atoms with E-state index in [0.717, 1.165) is 31.5 Å². The van der Waals surface area contributed by atoms with Crippen LogP contribution in [0.15, 0.2) is 27.4 Å². The molecule has 7 heteroatoms. The lowest BCUT2D eigenvalue weighted by Gasteiger charge is -2.29. The molecule has 2 aromatic rings. The first-order chi connectivity index (χ1) is 11.4. The predicted octanol–water partition coefficient (Wildman–Crippen LogP) is 2.26. The highest BCUT2D eigenvalue weighted by Crippen LogP contribution is 2.24. The zero-order chi connectivity index (χ0) is 17.3. The minimum Gasteiger partial charge on any atom is -0.508 e.